The van der Waals surface area contributed by atoms with Crippen LogP contribution in [-0.2, 0) is 10.0 Å². The van der Waals surface area contributed by atoms with Crippen LogP contribution in [0, 0.1) is 5.92 Å². The quantitative estimate of drug-likeness (QED) is 0.845. The first-order valence-corrected chi connectivity index (χ1v) is 8.31. The van der Waals surface area contributed by atoms with Crippen molar-refractivity contribution in [2.45, 2.75) is 24.8 Å². The van der Waals surface area contributed by atoms with Gasteiger partial charge in [-0.2, -0.15) is 0 Å². The fraction of sp³-hybridized carbons (Fsp3) is 0.462. The number of hydrogen-bond donors (Lipinski definition) is 2. The second-order valence-electron chi connectivity index (χ2n) is 5.02. The van der Waals surface area contributed by atoms with Crippen molar-refractivity contribution in [2.24, 2.45) is 5.92 Å². The molecular weight excluding hydrogens is 276 g/mol. The highest BCUT2D eigenvalue weighted by Crippen LogP contribution is 2.29. The van der Waals surface area contributed by atoms with E-state index in [1.165, 1.54) is 0 Å². The van der Waals surface area contributed by atoms with Gasteiger partial charge in [0.15, 0.2) is 10.8 Å². The molecule has 108 valence electrons. The molecule has 1 aliphatic carbocycles. The Morgan fingerprint density at radius 2 is 2.20 bits per heavy atom. The standard InChI is InChI=1S/C13H18N4O2S/c1-2-14-12-13(17-8-4-3-5-11(17)16-12)20(18,19)15-9-10-6-7-10/h3-5,8,10,14-15H,2,6-7,9H2,1H3. The molecule has 0 amide bonds. The summed E-state index contributed by atoms with van der Waals surface area (Å²) in [5.41, 5.74) is 0.621. The first-order valence-electron chi connectivity index (χ1n) is 6.82. The van der Waals surface area contributed by atoms with E-state index in [1.54, 1.807) is 22.7 Å². The molecule has 1 fully saturated rings. The molecular formula is C13H18N4O2S. The third-order valence-electron chi connectivity index (χ3n) is 3.34. The maximum atomic E-state index is 12.5. The number of nitrogens with one attached hydrogen (secondary N) is 2. The number of anilines is 1. The van der Waals surface area contributed by atoms with Crippen molar-refractivity contribution in [3.05, 3.63) is 24.4 Å². The molecule has 20 heavy (non-hydrogen) atoms. The van der Waals surface area contributed by atoms with E-state index in [0.29, 0.717) is 30.5 Å². The molecule has 0 aliphatic heterocycles. The lowest BCUT2D eigenvalue weighted by Crippen LogP contribution is -2.27. The van der Waals surface area contributed by atoms with Crippen molar-refractivity contribution in [3.8, 4) is 0 Å². The zero-order valence-electron chi connectivity index (χ0n) is 11.3. The maximum absolute atomic E-state index is 12.5. The van der Waals surface area contributed by atoms with E-state index in [1.807, 2.05) is 13.0 Å². The van der Waals surface area contributed by atoms with E-state index in [0.717, 1.165) is 12.8 Å². The number of hydrogen-bond acceptors (Lipinski definition) is 4. The molecule has 3 rings (SSSR count). The van der Waals surface area contributed by atoms with Crippen LogP contribution in [0.2, 0.25) is 0 Å². The fourth-order valence-electron chi connectivity index (χ4n) is 2.13. The minimum absolute atomic E-state index is 0.190. The molecule has 1 aliphatic rings. The Morgan fingerprint density at radius 1 is 1.40 bits per heavy atom. The first-order chi connectivity index (χ1) is 9.62. The Hall–Kier alpha value is -1.60. The predicted octanol–water partition coefficient (Wildman–Crippen LogP) is 1.45. The number of fused-ring (bicyclic) bond motifs is 1. The van der Waals surface area contributed by atoms with Crippen LogP contribution in [0.4, 0.5) is 5.82 Å². The summed E-state index contributed by atoms with van der Waals surface area (Å²) < 4.78 is 29.3. The molecule has 0 saturated heterocycles. The Kier molecular flexibility index (Phi) is 3.39. The minimum atomic E-state index is -3.56. The largest absolute Gasteiger partial charge is 0.368 e. The molecule has 0 atom stereocenters. The van der Waals surface area contributed by atoms with Crippen LogP contribution >= 0.6 is 0 Å². The summed E-state index contributed by atoms with van der Waals surface area (Å²) >= 11 is 0. The van der Waals surface area contributed by atoms with Gasteiger partial charge in [-0.1, -0.05) is 6.07 Å². The predicted molar refractivity (Wildman–Crippen MR) is 77.3 cm³/mol. The second-order valence-corrected chi connectivity index (χ2v) is 6.70. The average molecular weight is 294 g/mol. The molecule has 0 radical (unpaired) electrons. The minimum Gasteiger partial charge on any atom is -0.368 e. The molecule has 2 aromatic rings. The molecule has 0 unspecified atom stereocenters. The summed E-state index contributed by atoms with van der Waals surface area (Å²) in [6.07, 6.45) is 3.93. The Labute approximate surface area is 118 Å². The van der Waals surface area contributed by atoms with Crippen molar-refractivity contribution in [3.63, 3.8) is 0 Å². The van der Waals surface area contributed by atoms with Gasteiger partial charge >= 0.3 is 0 Å². The zero-order valence-corrected chi connectivity index (χ0v) is 12.2. The highest BCUT2D eigenvalue weighted by molar-refractivity contribution is 7.89. The highest BCUT2D eigenvalue weighted by atomic mass is 32.2. The van der Waals surface area contributed by atoms with E-state index >= 15 is 0 Å². The zero-order chi connectivity index (χ0) is 14.2. The van der Waals surface area contributed by atoms with E-state index in [9.17, 15) is 8.42 Å². The monoisotopic (exact) mass is 294 g/mol. The maximum Gasteiger partial charge on any atom is 0.260 e. The first kappa shape index (κ1) is 13.4. The molecule has 7 heteroatoms. The van der Waals surface area contributed by atoms with E-state index in [4.69, 9.17) is 0 Å². The summed E-state index contributed by atoms with van der Waals surface area (Å²) in [4.78, 5) is 4.34. The molecule has 2 N–H and O–H groups in total. The van der Waals surface area contributed by atoms with E-state index in [-0.39, 0.29) is 5.03 Å². The molecule has 0 bridgehead atoms. The van der Waals surface area contributed by atoms with E-state index in [2.05, 4.69) is 15.0 Å². The number of aromatic nitrogens is 2. The van der Waals surface area contributed by atoms with Crippen LogP contribution < -0.4 is 10.0 Å². The Morgan fingerprint density at radius 3 is 2.90 bits per heavy atom. The molecule has 1 saturated carbocycles. The summed E-state index contributed by atoms with van der Waals surface area (Å²) in [5, 5.41) is 3.21. The van der Waals surface area contributed by atoms with Crippen molar-refractivity contribution < 1.29 is 8.42 Å². The highest BCUT2D eigenvalue weighted by Gasteiger charge is 2.28. The van der Waals surface area contributed by atoms with Crippen LogP contribution in [0.5, 0.6) is 0 Å². The van der Waals surface area contributed by atoms with Crippen molar-refractivity contribution >= 4 is 21.5 Å². The van der Waals surface area contributed by atoms with Gasteiger partial charge in [-0.25, -0.2) is 18.1 Å². The number of imidazole rings is 1. The summed E-state index contributed by atoms with van der Waals surface area (Å²) in [6, 6.07) is 5.43. The topological polar surface area (TPSA) is 75.5 Å². The van der Waals surface area contributed by atoms with Gasteiger partial charge in [0.05, 0.1) is 0 Å². The van der Waals surface area contributed by atoms with Crippen LogP contribution in [0.1, 0.15) is 19.8 Å². The molecule has 0 spiro atoms. The normalized spacial score (nSPS) is 15.7. The Bertz CT molecular complexity index is 719. The summed E-state index contributed by atoms with van der Waals surface area (Å²) in [6.45, 7) is 3.04. The molecule has 0 aromatic carbocycles. The van der Waals surface area contributed by atoms with Gasteiger partial charge in [-0.15, -0.1) is 0 Å². The van der Waals surface area contributed by atoms with Gasteiger partial charge in [0.2, 0.25) is 0 Å². The van der Waals surface area contributed by atoms with Gasteiger partial charge in [-0.3, -0.25) is 4.40 Å². The summed E-state index contributed by atoms with van der Waals surface area (Å²) in [5.74, 6) is 0.897. The number of nitrogens with zero attached hydrogens (tertiary/aromatic N) is 2. The fourth-order valence-corrected chi connectivity index (χ4v) is 3.51. The SMILES string of the molecule is CCNc1nc2ccccn2c1S(=O)(=O)NCC1CC1. The molecule has 6 nitrogen and oxygen atoms in total. The number of pyridine rings is 1. The van der Waals surface area contributed by atoms with Gasteiger partial charge < -0.3 is 5.32 Å². The average Bonchev–Trinajstić information content (AvgIpc) is 3.17. The van der Waals surface area contributed by atoms with Crippen molar-refractivity contribution in [2.75, 3.05) is 18.4 Å². The third kappa shape index (κ3) is 2.51. The lowest BCUT2D eigenvalue weighted by Gasteiger charge is -2.08. The molecule has 2 aromatic heterocycles. The van der Waals surface area contributed by atoms with Gasteiger partial charge in [-0.05, 0) is 37.8 Å². The lowest BCUT2D eigenvalue weighted by atomic mass is 10.4. The van der Waals surface area contributed by atoms with E-state index < -0.39 is 10.0 Å². The third-order valence-corrected chi connectivity index (χ3v) is 4.79. The number of rotatable bonds is 6. The van der Waals surface area contributed by atoms with Gasteiger partial charge in [0.1, 0.15) is 5.65 Å². The van der Waals surface area contributed by atoms with Gasteiger partial charge in [0.25, 0.3) is 10.0 Å². The number of sulfonamides is 1. The summed E-state index contributed by atoms with van der Waals surface area (Å²) in [7, 11) is -3.56. The van der Waals surface area contributed by atoms with Crippen LogP contribution in [0.25, 0.3) is 5.65 Å². The van der Waals surface area contributed by atoms with Gasteiger partial charge in [0, 0.05) is 19.3 Å². The lowest BCUT2D eigenvalue weighted by molar-refractivity contribution is 0.573. The van der Waals surface area contributed by atoms with Crippen LogP contribution in [-0.4, -0.2) is 30.9 Å². The molecule has 2 heterocycles. The van der Waals surface area contributed by atoms with Crippen molar-refractivity contribution in [1.29, 1.82) is 0 Å². The van der Waals surface area contributed by atoms with Crippen molar-refractivity contribution in [1.82, 2.24) is 14.1 Å². The smallest absolute Gasteiger partial charge is 0.260 e. The van der Waals surface area contributed by atoms with Crippen LogP contribution in [0.15, 0.2) is 29.4 Å². The second kappa shape index (κ2) is 5.06. The Balaban J connectivity index is 2.04. The van der Waals surface area contributed by atoms with Crippen LogP contribution in [0.3, 0.4) is 0 Å².